The number of nitrogens with zero attached hydrogens (tertiary/aromatic N) is 1. The van der Waals surface area contributed by atoms with Crippen LogP contribution in [0.15, 0.2) is 30.3 Å². The molecule has 1 aromatic carbocycles. The predicted molar refractivity (Wildman–Crippen MR) is 103 cm³/mol. The van der Waals surface area contributed by atoms with Gasteiger partial charge in [0.25, 0.3) is 0 Å². The molecule has 1 aliphatic carbocycles. The van der Waals surface area contributed by atoms with E-state index in [9.17, 15) is 4.79 Å². The van der Waals surface area contributed by atoms with Gasteiger partial charge in [-0.15, -0.1) is 0 Å². The number of rotatable bonds is 7. The second-order valence-electron chi connectivity index (χ2n) is 8.05. The molecule has 25 heavy (non-hydrogen) atoms. The molecule has 2 aliphatic rings. The Bertz CT molecular complexity index is 518. The lowest BCUT2D eigenvalue weighted by Crippen LogP contribution is -2.42. The fraction of sp³-hybridized carbons (Fsp3) is 0.682. The molecule has 2 unspecified atom stereocenters. The smallest absolute Gasteiger partial charge is 0.223 e. The zero-order chi connectivity index (χ0) is 17.5. The van der Waals surface area contributed by atoms with Gasteiger partial charge in [0.1, 0.15) is 0 Å². The standard InChI is InChI=1S/C22H34N2O/c1-18(20-10-7-14-23-17-20)16-22(25)24(21-11-5-6-12-21)15-13-19-8-3-2-4-9-19/h2-4,8-9,18,20-21,23H,5-7,10-17H2,1H3. The first-order valence-corrected chi connectivity index (χ1v) is 10.3. The minimum atomic E-state index is 0.390. The molecule has 1 heterocycles. The number of nitrogens with one attached hydrogen (secondary N) is 1. The van der Waals surface area contributed by atoms with Crippen molar-refractivity contribution in [3.63, 3.8) is 0 Å². The molecule has 0 radical (unpaired) electrons. The largest absolute Gasteiger partial charge is 0.339 e. The van der Waals surface area contributed by atoms with Crippen LogP contribution < -0.4 is 5.32 Å². The van der Waals surface area contributed by atoms with Crippen molar-refractivity contribution >= 4 is 5.91 Å². The van der Waals surface area contributed by atoms with Crippen molar-refractivity contribution in [2.45, 2.75) is 64.3 Å². The van der Waals surface area contributed by atoms with E-state index in [0.717, 1.165) is 32.5 Å². The molecule has 3 rings (SSSR count). The quantitative estimate of drug-likeness (QED) is 0.811. The number of benzene rings is 1. The van der Waals surface area contributed by atoms with Crippen LogP contribution in [-0.2, 0) is 11.2 Å². The molecule has 1 aromatic rings. The lowest BCUT2D eigenvalue weighted by atomic mass is 9.85. The highest BCUT2D eigenvalue weighted by Gasteiger charge is 2.29. The topological polar surface area (TPSA) is 32.3 Å². The number of hydrogen-bond acceptors (Lipinski definition) is 2. The van der Waals surface area contributed by atoms with Crippen LogP contribution in [0.1, 0.15) is 57.4 Å². The minimum Gasteiger partial charge on any atom is -0.339 e. The van der Waals surface area contributed by atoms with Crippen molar-refractivity contribution in [2.75, 3.05) is 19.6 Å². The van der Waals surface area contributed by atoms with E-state index in [4.69, 9.17) is 0 Å². The minimum absolute atomic E-state index is 0.390. The summed E-state index contributed by atoms with van der Waals surface area (Å²) < 4.78 is 0. The fourth-order valence-electron chi connectivity index (χ4n) is 4.54. The lowest BCUT2D eigenvalue weighted by molar-refractivity contribution is -0.134. The van der Waals surface area contributed by atoms with E-state index in [-0.39, 0.29) is 0 Å². The summed E-state index contributed by atoms with van der Waals surface area (Å²) in [6.45, 7) is 5.38. The third kappa shape index (κ3) is 5.31. The van der Waals surface area contributed by atoms with Crippen molar-refractivity contribution in [1.29, 1.82) is 0 Å². The van der Waals surface area contributed by atoms with E-state index in [2.05, 4.69) is 47.5 Å². The molecule has 1 saturated heterocycles. The number of carbonyl (C=O) groups excluding carboxylic acids is 1. The summed E-state index contributed by atoms with van der Waals surface area (Å²) in [6, 6.07) is 11.1. The second kappa shape index (κ2) is 9.38. The third-order valence-corrected chi connectivity index (χ3v) is 6.21. The first-order chi connectivity index (χ1) is 12.2. The molecule has 3 heteroatoms. The van der Waals surface area contributed by atoms with Crippen LogP contribution in [0.3, 0.4) is 0 Å². The van der Waals surface area contributed by atoms with Gasteiger partial charge >= 0.3 is 0 Å². The molecule has 2 atom stereocenters. The second-order valence-corrected chi connectivity index (χ2v) is 8.05. The van der Waals surface area contributed by atoms with Gasteiger partial charge in [0, 0.05) is 19.0 Å². The summed E-state index contributed by atoms with van der Waals surface area (Å²) in [5.41, 5.74) is 1.34. The summed E-state index contributed by atoms with van der Waals surface area (Å²) in [5, 5.41) is 3.50. The summed E-state index contributed by atoms with van der Waals surface area (Å²) in [7, 11) is 0. The van der Waals surface area contributed by atoms with Gasteiger partial charge in [-0.3, -0.25) is 4.79 Å². The van der Waals surface area contributed by atoms with Crippen LogP contribution in [0.4, 0.5) is 0 Å². The van der Waals surface area contributed by atoms with Crippen molar-refractivity contribution in [3.05, 3.63) is 35.9 Å². The summed E-state index contributed by atoms with van der Waals surface area (Å²) in [6.07, 6.45) is 9.17. The van der Waals surface area contributed by atoms with Crippen LogP contribution in [-0.4, -0.2) is 36.5 Å². The highest BCUT2D eigenvalue weighted by molar-refractivity contribution is 5.76. The number of carbonyl (C=O) groups is 1. The summed E-state index contributed by atoms with van der Waals surface area (Å²) in [5.74, 6) is 1.54. The zero-order valence-electron chi connectivity index (χ0n) is 15.8. The molecule has 1 saturated carbocycles. The Labute approximate surface area is 153 Å². The summed E-state index contributed by atoms with van der Waals surface area (Å²) in [4.78, 5) is 15.3. The number of amides is 1. The molecule has 0 spiro atoms. The average molecular weight is 343 g/mol. The number of piperidine rings is 1. The van der Waals surface area contributed by atoms with E-state index in [1.54, 1.807) is 0 Å². The SMILES string of the molecule is CC(CC(=O)N(CCc1ccccc1)C1CCCC1)C1CCCNC1. The Hall–Kier alpha value is -1.35. The van der Waals surface area contributed by atoms with Crippen LogP contribution in [0, 0.1) is 11.8 Å². The van der Waals surface area contributed by atoms with Crippen LogP contribution in [0.25, 0.3) is 0 Å². The van der Waals surface area contributed by atoms with Gasteiger partial charge in [-0.1, -0.05) is 50.1 Å². The Morgan fingerprint density at radius 1 is 1.16 bits per heavy atom. The van der Waals surface area contributed by atoms with Crippen molar-refractivity contribution in [3.8, 4) is 0 Å². The Kier molecular flexibility index (Phi) is 6.92. The van der Waals surface area contributed by atoms with E-state index in [1.165, 1.54) is 44.1 Å². The molecule has 1 N–H and O–H groups in total. The molecule has 3 nitrogen and oxygen atoms in total. The highest BCUT2D eigenvalue weighted by atomic mass is 16.2. The molecule has 1 aliphatic heterocycles. The highest BCUT2D eigenvalue weighted by Crippen LogP contribution is 2.27. The first-order valence-electron chi connectivity index (χ1n) is 10.3. The van der Waals surface area contributed by atoms with Gasteiger partial charge in [0.2, 0.25) is 5.91 Å². The van der Waals surface area contributed by atoms with Crippen LogP contribution >= 0.6 is 0 Å². The first kappa shape index (κ1) is 18.4. The monoisotopic (exact) mass is 342 g/mol. The molecule has 138 valence electrons. The van der Waals surface area contributed by atoms with E-state index >= 15 is 0 Å². The van der Waals surface area contributed by atoms with Gasteiger partial charge in [-0.25, -0.2) is 0 Å². The van der Waals surface area contributed by atoms with Gasteiger partial charge in [0.15, 0.2) is 0 Å². The molecule has 2 fully saturated rings. The third-order valence-electron chi connectivity index (χ3n) is 6.21. The normalized spacial score (nSPS) is 22.7. The molecule has 0 aromatic heterocycles. The average Bonchev–Trinajstić information content (AvgIpc) is 3.18. The molecule has 0 bridgehead atoms. The fourth-order valence-corrected chi connectivity index (χ4v) is 4.54. The molecular formula is C22H34N2O. The molecule has 1 amide bonds. The van der Waals surface area contributed by atoms with Crippen molar-refractivity contribution in [2.24, 2.45) is 11.8 Å². The van der Waals surface area contributed by atoms with Crippen molar-refractivity contribution in [1.82, 2.24) is 10.2 Å². The van der Waals surface area contributed by atoms with Crippen LogP contribution in [0.2, 0.25) is 0 Å². The molecular weight excluding hydrogens is 308 g/mol. The maximum Gasteiger partial charge on any atom is 0.223 e. The Morgan fingerprint density at radius 2 is 1.92 bits per heavy atom. The maximum atomic E-state index is 13.1. The van der Waals surface area contributed by atoms with E-state index < -0.39 is 0 Å². The summed E-state index contributed by atoms with van der Waals surface area (Å²) >= 11 is 0. The lowest BCUT2D eigenvalue weighted by Gasteiger charge is -2.33. The van der Waals surface area contributed by atoms with Crippen molar-refractivity contribution < 1.29 is 4.79 Å². The Balaban J connectivity index is 1.58. The van der Waals surface area contributed by atoms with E-state index in [0.29, 0.717) is 23.8 Å². The van der Waals surface area contributed by atoms with Gasteiger partial charge in [0.05, 0.1) is 0 Å². The number of hydrogen-bond donors (Lipinski definition) is 1. The zero-order valence-corrected chi connectivity index (χ0v) is 15.8. The van der Waals surface area contributed by atoms with Gasteiger partial charge in [-0.2, -0.15) is 0 Å². The van der Waals surface area contributed by atoms with E-state index in [1.807, 2.05) is 0 Å². The maximum absolute atomic E-state index is 13.1. The predicted octanol–water partition coefficient (Wildman–Crippen LogP) is 4.03. The van der Waals surface area contributed by atoms with Gasteiger partial charge in [-0.05, 0) is 62.6 Å². The van der Waals surface area contributed by atoms with Crippen LogP contribution in [0.5, 0.6) is 0 Å². The Morgan fingerprint density at radius 3 is 2.60 bits per heavy atom. The van der Waals surface area contributed by atoms with Gasteiger partial charge < -0.3 is 10.2 Å².